The highest BCUT2D eigenvalue weighted by Gasteiger charge is 2.25. The third-order valence-electron chi connectivity index (χ3n) is 6.70. The van der Waals surface area contributed by atoms with Crippen molar-refractivity contribution in [3.8, 4) is 5.75 Å². The lowest BCUT2D eigenvalue weighted by molar-refractivity contribution is 0.0790. The first kappa shape index (κ1) is 27.6. The van der Waals surface area contributed by atoms with Gasteiger partial charge in [0, 0.05) is 37.0 Å². The molecule has 2 heterocycles. The average molecular weight is 545 g/mol. The number of rotatable bonds is 9. The molecule has 1 aromatic heterocycles. The van der Waals surface area contributed by atoms with E-state index in [2.05, 4.69) is 42.4 Å². The van der Waals surface area contributed by atoms with Gasteiger partial charge in [0.2, 0.25) is 11.9 Å². The Balaban J connectivity index is 1.56. The van der Waals surface area contributed by atoms with Crippen molar-refractivity contribution in [2.45, 2.75) is 38.3 Å². The van der Waals surface area contributed by atoms with E-state index < -0.39 is 11.4 Å². The predicted molar refractivity (Wildman–Crippen MR) is 149 cm³/mol. The molecule has 0 unspecified atom stereocenters. The first-order chi connectivity index (χ1) is 18.0. The van der Waals surface area contributed by atoms with Crippen LogP contribution in [0, 0.1) is 5.82 Å². The van der Waals surface area contributed by atoms with Crippen LogP contribution in [0.25, 0.3) is 0 Å². The normalized spacial score (nSPS) is 15.9. The number of likely N-dealkylation sites (tertiary alicyclic amines) is 1. The topological polar surface area (TPSA) is 125 Å². The molecule has 1 fully saturated rings. The SMILES string of the molecule is COc1cc(N(C)C[C@H]2CCCN2C)c(N)cc1Nc1ncnc(Nc2cc(Cl)c(F)cc2C(C)(C)O)n1. The summed E-state index contributed by atoms with van der Waals surface area (Å²) in [6.07, 6.45) is 3.68. The van der Waals surface area contributed by atoms with Crippen LogP contribution in [0.4, 0.5) is 39.0 Å². The van der Waals surface area contributed by atoms with Crippen molar-refractivity contribution < 1.29 is 14.2 Å². The van der Waals surface area contributed by atoms with Gasteiger partial charge in [-0.05, 0) is 58.5 Å². The number of hydrogen-bond acceptors (Lipinski definition) is 10. The lowest BCUT2D eigenvalue weighted by Gasteiger charge is -2.28. The molecule has 0 bridgehead atoms. The van der Waals surface area contributed by atoms with Crippen molar-refractivity contribution in [1.29, 1.82) is 0 Å². The number of anilines is 6. The van der Waals surface area contributed by atoms with Gasteiger partial charge in [-0.2, -0.15) is 4.98 Å². The van der Waals surface area contributed by atoms with Gasteiger partial charge < -0.3 is 36.0 Å². The van der Waals surface area contributed by atoms with E-state index in [1.165, 1.54) is 24.9 Å². The maximum Gasteiger partial charge on any atom is 0.232 e. The number of hydrogen-bond donors (Lipinski definition) is 4. The van der Waals surface area contributed by atoms with Crippen molar-refractivity contribution in [1.82, 2.24) is 19.9 Å². The minimum atomic E-state index is -1.34. The Bertz CT molecular complexity index is 1300. The minimum Gasteiger partial charge on any atom is -0.494 e. The summed E-state index contributed by atoms with van der Waals surface area (Å²) in [6.45, 7) is 5.06. The molecule has 0 saturated carbocycles. The molecule has 0 amide bonds. The quantitative estimate of drug-likeness (QED) is 0.286. The van der Waals surface area contributed by atoms with E-state index in [-0.39, 0.29) is 16.9 Å². The van der Waals surface area contributed by atoms with E-state index >= 15 is 0 Å². The summed E-state index contributed by atoms with van der Waals surface area (Å²) in [6, 6.07) is 6.72. The fourth-order valence-corrected chi connectivity index (χ4v) is 4.79. The number of nitrogens with zero attached hydrogens (tertiary/aromatic N) is 5. The smallest absolute Gasteiger partial charge is 0.232 e. The number of halogens is 2. The fraction of sp³-hybridized carbons (Fsp3) is 0.423. The molecular formula is C26H34ClFN8O2. The van der Waals surface area contributed by atoms with Gasteiger partial charge in [-0.25, -0.2) is 14.4 Å². The monoisotopic (exact) mass is 544 g/mol. The summed E-state index contributed by atoms with van der Waals surface area (Å²) in [7, 11) is 5.76. The number of aromatic nitrogens is 3. The highest BCUT2D eigenvalue weighted by Crippen LogP contribution is 2.37. The Morgan fingerprint density at radius 2 is 1.89 bits per heavy atom. The van der Waals surface area contributed by atoms with E-state index in [9.17, 15) is 9.50 Å². The minimum absolute atomic E-state index is 0.0993. The van der Waals surface area contributed by atoms with E-state index in [4.69, 9.17) is 22.1 Å². The van der Waals surface area contributed by atoms with Crippen LogP contribution >= 0.6 is 11.6 Å². The molecule has 0 spiro atoms. The molecule has 1 saturated heterocycles. The number of aliphatic hydroxyl groups is 1. The van der Waals surface area contributed by atoms with Crippen molar-refractivity contribution in [2.24, 2.45) is 0 Å². The van der Waals surface area contributed by atoms with Crippen LogP contribution < -0.4 is 26.0 Å². The Hall–Kier alpha value is -3.41. The molecule has 12 heteroatoms. The Morgan fingerprint density at radius 3 is 2.50 bits per heavy atom. The largest absolute Gasteiger partial charge is 0.494 e. The van der Waals surface area contributed by atoms with Crippen LogP contribution in [0.3, 0.4) is 0 Å². The van der Waals surface area contributed by atoms with Gasteiger partial charge in [-0.1, -0.05) is 11.6 Å². The predicted octanol–water partition coefficient (Wildman–Crippen LogP) is 4.50. The lowest BCUT2D eigenvalue weighted by atomic mass is 9.96. The summed E-state index contributed by atoms with van der Waals surface area (Å²) in [4.78, 5) is 17.3. The molecule has 38 heavy (non-hydrogen) atoms. The molecule has 0 aliphatic carbocycles. The van der Waals surface area contributed by atoms with Gasteiger partial charge in [0.05, 0.1) is 34.8 Å². The van der Waals surface area contributed by atoms with Crippen LogP contribution in [-0.4, -0.2) is 65.3 Å². The lowest BCUT2D eigenvalue weighted by Crippen LogP contribution is -2.36. The number of benzene rings is 2. The molecule has 10 nitrogen and oxygen atoms in total. The zero-order valence-corrected chi connectivity index (χ0v) is 23.0. The van der Waals surface area contributed by atoms with Crippen molar-refractivity contribution in [3.05, 3.63) is 47.0 Å². The maximum absolute atomic E-state index is 14.1. The van der Waals surface area contributed by atoms with Crippen LogP contribution in [0.1, 0.15) is 32.3 Å². The van der Waals surface area contributed by atoms with E-state index in [0.717, 1.165) is 25.2 Å². The second kappa shape index (κ2) is 11.1. The van der Waals surface area contributed by atoms with E-state index in [1.54, 1.807) is 27.0 Å². The summed E-state index contributed by atoms with van der Waals surface area (Å²) < 4.78 is 19.7. The van der Waals surface area contributed by atoms with Gasteiger partial charge >= 0.3 is 0 Å². The molecular weight excluding hydrogens is 511 g/mol. The molecule has 1 aliphatic heterocycles. The van der Waals surface area contributed by atoms with Crippen LogP contribution in [0.5, 0.6) is 5.75 Å². The molecule has 0 radical (unpaired) electrons. The molecule has 1 atom stereocenters. The second-order valence-corrected chi connectivity index (χ2v) is 10.4. The molecule has 1 aliphatic rings. The number of methoxy groups -OCH3 is 1. The van der Waals surface area contributed by atoms with E-state index in [1.807, 2.05) is 13.1 Å². The highest BCUT2D eigenvalue weighted by atomic mass is 35.5. The third-order valence-corrected chi connectivity index (χ3v) is 6.99. The molecule has 4 rings (SSSR count). The zero-order valence-electron chi connectivity index (χ0n) is 22.2. The van der Waals surface area contributed by atoms with Crippen LogP contribution in [0.2, 0.25) is 5.02 Å². The molecule has 3 aromatic rings. The number of nitrogen functional groups attached to an aromatic ring is 1. The van der Waals surface area contributed by atoms with Crippen LogP contribution in [-0.2, 0) is 5.60 Å². The number of nitrogens with one attached hydrogen (secondary N) is 2. The van der Waals surface area contributed by atoms with Crippen LogP contribution in [0.15, 0.2) is 30.6 Å². The Morgan fingerprint density at radius 1 is 1.21 bits per heavy atom. The van der Waals surface area contributed by atoms with Gasteiger partial charge in [0.1, 0.15) is 17.9 Å². The molecule has 2 aromatic carbocycles. The van der Waals surface area contributed by atoms with Gasteiger partial charge in [0.15, 0.2) is 0 Å². The summed E-state index contributed by atoms with van der Waals surface area (Å²) in [5.74, 6) is 0.332. The van der Waals surface area contributed by atoms with Gasteiger partial charge in [-0.3, -0.25) is 0 Å². The maximum atomic E-state index is 14.1. The van der Waals surface area contributed by atoms with Crippen molar-refractivity contribution in [2.75, 3.05) is 55.6 Å². The molecule has 5 N–H and O–H groups in total. The van der Waals surface area contributed by atoms with Gasteiger partial charge in [-0.15, -0.1) is 0 Å². The standard InChI is InChI=1S/C26H34ClFN8O2/c1-26(2,37)16-9-18(28)17(27)10-20(16)32-24-30-14-31-25(34-24)33-21-11-19(29)22(12-23(21)38-5)36(4)13-15-7-6-8-35(15)3/h9-12,14-15,37H,6-8,13,29H2,1-5H3,(H2,30,31,32,33,34)/t15-/m1/s1. The third kappa shape index (κ3) is 6.17. The number of nitrogens with two attached hydrogens (primary N) is 1. The second-order valence-electron chi connectivity index (χ2n) is 10.0. The molecule has 204 valence electrons. The highest BCUT2D eigenvalue weighted by molar-refractivity contribution is 6.31. The number of ether oxygens (including phenoxy) is 1. The number of likely N-dealkylation sites (N-methyl/N-ethyl adjacent to an activating group) is 2. The Kier molecular flexibility index (Phi) is 8.10. The van der Waals surface area contributed by atoms with Crippen molar-refractivity contribution >= 4 is 46.2 Å². The van der Waals surface area contributed by atoms with Gasteiger partial charge in [0.25, 0.3) is 0 Å². The summed E-state index contributed by atoms with van der Waals surface area (Å²) >= 11 is 5.98. The fourth-order valence-electron chi connectivity index (χ4n) is 4.62. The first-order valence-corrected chi connectivity index (χ1v) is 12.7. The van der Waals surface area contributed by atoms with Crippen molar-refractivity contribution in [3.63, 3.8) is 0 Å². The summed E-state index contributed by atoms with van der Waals surface area (Å²) in [5, 5.41) is 16.5. The van der Waals surface area contributed by atoms with E-state index in [0.29, 0.717) is 34.4 Å². The zero-order chi connectivity index (χ0) is 27.6. The Labute approximate surface area is 227 Å². The summed E-state index contributed by atoms with van der Waals surface area (Å²) in [5.41, 5.74) is 7.80. The first-order valence-electron chi connectivity index (χ1n) is 12.3. The average Bonchev–Trinajstić information content (AvgIpc) is 3.25.